The molecule has 0 radical (unpaired) electrons. The quantitative estimate of drug-likeness (QED) is 0.480. The van der Waals surface area contributed by atoms with Crippen molar-refractivity contribution in [2.24, 2.45) is 11.8 Å². The maximum absolute atomic E-state index is 12.5. The number of aryl methyl sites for hydroxylation is 1. The molecule has 194 valence electrons. The molecule has 1 saturated heterocycles. The molecule has 1 unspecified atom stereocenters. The third kappa shape index (κ3) is 5.94. The molecule has 9 heteroatoms. The normalized spacial score (nSPS) is 25.1. The second-order valence-corrected chi connectivity index (χ2v) is 10.4. The van der Waals surface area contributed by atoms with E-state index in [4.69, 9.17) is 4.74 Å². The average Bonchev–Trinajstić information content (AvgIpc) is 3.28. The van der Waals surface area contributed by atoms with Crippen LogP contribution in [-0.4, -0.2) is 62.5 Å². The minimum atomic E-state index is -0.592. The number of hydrogen-bond acceptors (Lipinski definition) is 7. The summed E-state index contributed by atoms with van der Waals surface area (Å²) in [6, 6.07) is 7.09. The standard InChI is InChI=1S/C27H36N4O5/c1-17-13-14-31(24(17)18(2)32)23(33)16-28-26(35)36-27(3)15-19(27)9-5-4-6-12-22-25(34)30-21-11-8-7-10-20(21)29-22/h7-8,10-11,17,19,24H,4-6,9,12-16H2,1-3H3,(H,28,35)(H,30,34)/t17-,19-,24+,27?/m1/s1. The highest BCUT2D eigenvalue weighted by atomic mass is 16.6. The number of alkyl carbamates (subject to hydrolysis) is 1. The first-order valence-electron chi connectivity index (χ1n) is 12.9. The fourth-order valence-corrected chi connectivity index (χ4v) is 5.36. The first kappa shape index (κ1) is 25.9. The van der Waals surface area contributed by atoms with Gasteiger partial charge in [0.25, 0.3) is 0 Å². The Hall–Kier alpha value is -3.23. The molecule has 4 atom stereocenters. The van der Waals surface area contributed by atoms with Gasteiger partial charge in [-0.2, -0.15) is 0 Å². The molecule has 4 rings (SSSR count). The van der Waals surface area contributed by atoms with Crippen LogP contribution in [0.25, 0.3) is 11.0 Å². The zero-order valence-corrected chi connectivity index (χ0v) is 21.3. The van der Waals surface area contributed by atoms with Gasteiger partial charge in [-0.25, -0.2) is 14.8 Å². The summed E-state index contributed by atoms with van der Waals surface area (Å²) < 4.78 is 5.61. The van der Waals surface area contributed by atoms with Gasteiger partial charge >= 0.3 is 6.09 Å². The number of Topliss-reactive ketones (excluding diaryl/α,β-unsaturated/α-hetero) is 1. The van der Waals surface area contributed by atoms with Crippen LogP contribution in [0.2, 0.25) is 0 Å². The van der Waals surface area contributed by atoms with Crippen LogP contribution in [0.4, 0.5) is 4.79 Å². The maximum Gasteiger partial charge on any atom is 0.408 e. The van der Waals surface area contributed by atoms with Gasteiger partial charge in [0.1, 0.15) is 17.8 Å². The van der Waals surface area contributed by atoms with Gasteiger partial charge in [0.2, 0.25) is 11.8 Å². The van der Waals surface area contributed by atoms with Crippen molar-refractivity contribution in [1.29, 1.82) is 0 Å². The average molecular weight is 497 g/mol. The molecule has 2 heterocycles. The van der Waals surface area contributed by atoms with E-state index in [0.717, 1.165) is 44.0 Å². The van der Waals surface area contributed by atoms with Crippen LogP contribution in [-0.2, 0) is 20.7 Å². The number of aromatic nitrogens is 2. The van der Waals surface area contributed by atoms with E-state index in [1.807, 2.05) is 38.1 Å². The monoisotopic (exact) mass is 496 g/mol. The number of para-hydroxylation sites is 2. The molecule has 1 aromatic heterocycles. The van der Waals surface area contributed by atoms with Gasteiger partial charge in [0.05, 0.1) is 17.1 Å². The van der Waals surface area contributed by atoms with Gasteiger partial charge in [0.15, 0.2) is 5.78 Å². The Bertz CT molecular complexity index is 1140. The fourth-order valence-electron chi connectivity index (χ4n) is 5.36. The second kappa shape index (κ2) is 10.8. The maximum atomic E-state index is 12.5. The number of nitrogens with zero attached hydrogens (tertiary/aromatic N) is 3. The van der Waals surface area contributed by atoms with E-state index in [9.17, 15) is 19.5 Å². The zero-order valence-electron chi connectivity index (χ0n) is 21.3. The van der Waals surface area contributed by atoms with Gasteiger partial charge < -0.3 is 20.1 Å². The molecule has 36 heavy (non-hydrogen) atoms. The lowest BCUT2D eigenvalue weighted by Gasteiger charge is -2.25. The lowest BCUT2D eigenvalue weighted by Crippen LogP contribution is -2.46. The van der Waals surface area contributed by atoms with Gasteiger partial charge in [-0.1, -0.05) is 31.9 Å². The van der Waals surface area contributed by atoms with Gasteiger partial charge in [-0.3, -0.25) is 9.59 Å². The highest BCUT2D eigenvalue weighted by molar-refractivity contribution is 5.90. The van der Waals surface area contributed by atoms with Crippen molar-refractivity contribution in [3.8, 4) is 5.88 Å². The molecule has 1 aliphatic carbocycles. The number of nitrogens with one attached hydrogen (secondary N) is 1. The molecular weight excluding hydrogens is 460 g/mol. The van der Waals surface area contributed by atoms with Crippen molar-refractivity contribution in [3.63, 3.8) is 0 Å². The number of amides is 2. The van der Waals surface area contributed by atoms with E-state index in [0.29, 0.717) is 30.1 Å². The molecule has 2 aliphatic rings. The highest BCUT2D eigenvalue weighted by Crippen LogP contribution is 2.49. The summed E-state index contributed by atoms with van der Waals surface area (Å²) in [5.74, 6) is 0.157. The molecule has 2 aromatic rings. The van der Waals surface area contributed by atoms with Crippen LogP contribution in [0.5, 0.6) is 5.88 Å². The molecule has 2 N–H and O–H groups in total. The topological polar surface area (TPSA) is 122 Å². The summed E-state index contributed by atoms with van der Waals surface area (Å²) in [7, 11) is 0. The molecule has 2 amide bonds. The van der Waals surface area contributed by atoms with Crippen LogP contribution in [0.1, 0.15) is 65.0 Å². The summed E-state index contributed by atoms with van der Waals surface area (Å²) in [6.07, 6.45) is 5.48. The molecule has 0 bridgehead atoms. The zero-order chi connectivity index (χ0) is 25.9. The van der Waals surface area contributed by atoms with Crippen molar-refractivity contribution in [1.82, 2.24) is 20.2 Å². The molecule has 1 saturated carbocycles. The summed E-state index contributed by atoms with van der Waals surface area (Å²) in [5.41, 5.74) is 1.59. The minimum Gasteiger partial charge on any atom is -0.492 e. The number of rotatable bonds is 10. The van der Waals surface area contributed by atoms with E-state index in [1.54, 1.807) is 4.90 Å². The Labute approximate surface area is 211 Å². The fraction of sp³-hybridized carbons (Fsp3) is 0.593. The predicted octanol–water partition coefficient (Wildman–Crippen LogP) is 3.77. The smallest absolute Gasteiger partial charge is 0.408 e. The Morgan fingerprint density at radius 3 is 2.61 bits per heavy atom. The lowest BCUT2D eigenvalue weighted by atomic mass is 10.00. The first-order valence-corrected chi connectivity index (χ1v) is 12.9. The Balaban J connectivity index is 1.13. The number of benzene rings is 1. The Morgan fingerprint density at radius 1 is 1.17 bits per heavy atom. The number of likely N-dealkylation sites (tertiary alicyclic amines) is 1. The Morgan fingerprint density at radius 2 is 1.89 bits per heavy atom. The van der Waals surface area contributed by atoms with Crippen LogP contribution in [0.3, 0.4) is 0 Å². The van der Waals surface area contributed by atoms with E-state index >= 15 is 0 Å². The van der Waals surface area contributed by atoms with Gasteiger partial charge in [-0.05, 0) is 64.0 Å². The predicted molar refractivity (Wildman–Crippen MR) is 134 cm³/mol. The number of fused-ring (bicyclic) bond motifs is 1. The van der Waals surface area contributed by atoms with E-state index in [-0.39, 0.29) is 30.0 Å². The Kier molecular flexibility index (Phi) is 7.76. The van der Waals surface area contributed by atoms with Gasteiger partial charge in [0, 0.05) is 12.5 Å². The number of unbranched alkanes of at least 4 members (excludes halogenated alkanes) is 2. The largest absolute Gasteiger partial charge is 0.492 e. The molecule has 1 aromatic carbocycles. The third-order valence-electron chi connectivity index (χ3n) is 7.59. The van der Waals surface area contributed by atoms with Crippen molar-refractivity contribution in [2.75, 3.05) is 13.1 Å². The van der Waals surface area contributed by atoms with Crippen molar-refractivity contribution in [2.45, 2.75) is 77.4 Å². The molecule has 9 nitrogen and oxygen atoms in total. The van der Waals surface area contributed by atoms with Crippen molar-refractivity contribution in [3.05, 3.63) is 30.0 Å². The van der Waals surface area contributed by atoms with Crippen LogP contribution >= 0.6 is 0 Å². The lowest BCUT2D eigenvalue weighted by molar-refractivity contribution is -0.136. The number of aromatic hydroxyl groups is 1. The van der Waals surface area contributed by atoms with Crippen molar-refractivity contribution < 1.29 is 24.2 Å². The molecular formula is C27H36N4O5. The third-order valence-corrected chi connectivity index (χ3v) is 7.59. The molecule has 1 aliphatic heterocycles. The first-order chi connectivity index (χ1) is 17.2. The summed E-state index contributed by atoms with van der Waals surface area (Å²) in [4.78, 5) is 47.0. The summed E-state index contributed by atoms with van der Waals surface area (Å²) in [5, 5.41) is 12.7. The number of carbonyl (C=O) groups excluding carboxylic acids is 3. The number of carbonyl (C=O) groups is 3. The van der Waals surface area contributed by atoms with E-state index in [1.165, 1.54) is 6.92 Å². The van der Waals surface area contributed by atoms with Crippen LogP contribution in [0, 0.1) is 11.8 Å². The number of ketones is 1. The van der Waals surface area contributed by atoms with Crippen LogP contribution in [0.15, 0.2) is 24.3 Å². The molecule has 0 spiro atoms. The van der Waals surface area contributed by atoms with E-state index in [2.05, 4.69) is 15.3 Å². The van der Waals surface area contributed by atoms with Crippen molar-refractivity contribution >= 4 is 28.8 Å². The van der Waals surface area contributed by atoms with E-state index < -0.39 is 17.7 Å². The summed E-state index contributed by atoms with van der Waals surface area (Å²) in [6.45, 7) is 5.77. The second-order valence-electron chi connectivity index (χ2n) is 10.4. The summed E-state index contributed by atoms with van der Waals surface area (Å²) >= 11 is 0. The highest BCUT2D eigenvalue weighted by Gasteiger charge is 2.53. The minimum absolute atomic E-state index is 0.00239. The SMILES string of the molecule is CC(=O)[C@@H]1[C@H](C)CCN1C(=O)CNC(=O)OC1(C)C[C@H]1CCCCCc1nc2ccccc2nc1O. The molecule has 2 fully saturated rings. The van der Waals surface area contributed by atoms with Gasteiger partial charge in [-0.15, -0.1) is 0 Å². The number of ether oxygens (including phenoxy) is 1. The van der Waals surface area contributed by atoms with Crippen LogP contribution < -0.4 is 5.32 Å². The number of hydrogen-bond donors (Lipinski definition) is 2.